The number of hydrogen-bond acceptors (Lipinski definition) is 6. The zero-order valence-corrected chi connectivity index (χ0v) is 12.1. The minimum absolute atomic E-state index is 0.00926. The minimum atomic E-state index is 0.00926. The Morgan fingerprint density at radius 2 is 2.13 bits per heavy atom. The van der Waals surface area contributed by atoms with Crippen molar-refractivity contribution in [3.63, 3.8) is 0 Å². The van der Waals surface area contributed by atoms with Crippen molar-refractivity contribution < 1.29 is 9.84 Å². The molecule has 2 aromatic carbocycles. The highest BCUT2D eigenvalue weighted by atomic mass is 16.5. The first-order chi connectivity index (χ1) is 11.2. The summed E-state index contributed by atoms with van der Waals surface area (Å²) in [5.74, 6) is 0.888. The standard InChI is InChI=1S/C15H12N6O2/c1-23-14-6-11-12(7-13(14)22)17-8-18-15(11)19-9-3-2-4-10(5-9)20-21-16/h2-8,22H,1H3,(H,17,18,19). The molecule has 0 aliphatic rings. The molecule has 3 aromatic rings. The van der Waals surface area contributed by atoms with Crippen LogP contribution < -0.4 is 10.1 Å². The van der Waals surface area contributed by atoms with Crippen molar-refractivity contribution in [2.45, 2.75) is 0 Å². The number of phenolic OH excluding ortho intramolecular Hbond substituents is 1. The van der Waals surface area contributed by atoms with Gasteiger partial charge in [-0.05, 0) is 23.7 Å². The van der Waals surface area contributed by atoms with Crippen molar-refractivity contribution in [2.75, 3.05) is 12.4 Å². The lowest BCUT2D eigenvalue weighted by Crippen LogP contribution is -1.96. The molecular weight excluding hydrogens is 296 g/mol. The third-order valence-electron chi connectivity index (χ3n) is 3.21. The predicted octanol–water partition coefficient (Wildman–Crippen LogP) is 4.03. The van der Waals surface area contributed by atoms with Crippen LogP contribution in [0.2, 0.25) is 0 Å². The maximum atomic E-state index is 9.83. The van der Waals surface area contributed by atoms with E-state index >= 15 is 0 Å². The largest absolute Gasteiger partial charge is 0.504 e. The van der Waals surface area contributed by atoms with Crippen LogP contribution in [0.1, 0.15) is 0 Å². The molecule has 1 heterocycles. The van der Waals surface area contributed by atoms with Gasteiger partial charge < -0.3 is 15.2 Å². The third kappa shape index (κ3) is 2.92. The van der Waals surface area contributed by atoms with Crippen molar-refractivity contribution >= 4 is 28.1 Å². The van der Waals surface area contributed by atoms with E-state index in [9.17, 15) is 5.11 Å². The normalized spacial score (nSPS) is 10.1. The first kappa shape index (κ1) is 14.4. The Kier molecular flexibility index (Phi) is 3.82. The maximum Gasteiger partial charge on any atom is 0.161 e. The molecule has 8 nitrogen and oxygen atoms in total. The molecule has 0 amide bonds. The summed E-state index contributed by atoms with van der Waals surface area (Å²) < 4.78 is 5.12. The van der Waals surface area contributed by atoms with Gasteiger partial charge in [0.2, 0.25) is 0 Å². The van der Waals surface area contributed by atoms with Gasteiger partial charge in [0.25, 0.3) is 0 Å². The zero-order chi connectivity index (χ0) is 16.2. The number of aromatic nitrogens is 2. The molecule has 0 saturated carbocycles. The van der Waals surface area contributed by atoms with Crippen molar-refractivity contribution in [2.24, 2.45) is 5.11 Å². The Morgan fingerprint density at radius 1 is 1.26 bits per heavy atom. The van der Waals surface area contributed by atoms with E-state index in [1.807, 2.05) is 6.07 Å². The fraction of sp³-hybridized carbons (Fsp3) is 0.0667. The first-order valence-corrected chi connectivity index (χ1v) is 6.65. The molecule has 0 saturated heterocycles. The molecule has 3 rings (SSSR count). The second-order valence-electron chi connectivity index (χ2n) is 4.63. The van der Waals surface area contributed by atoms with E-state index in [1.165, 1.54) is 19.5 Å². The molecule has 23 heavy (non-hydrogen) atoms. The van der Waals surface area contributed by atoms with Gasteiger partial charge in [0, 0.05) is 27.7 Å². The molecule has 2 N–H and O–H groups in total. The molecule has 0 atom stereocenters. The molecule has 0 fully saturated rings. The third-order valence-corrected chi connectivity index (χ3v) is 3.21. The number of rotatable bonds is 4. The van der Waals surface area contributed by atoms with Gasteiger partial charge in [-0.15, -0.1) is 0 Å². The van der Waals surface area contributed by atoms with Crippen LogP contribution in [-0.4, -0.2) is 22.2 Å². The van der Waals surface area contributed by atoms with Crippen LogP contribution >= 0.6 is 0 Å². The van der Waals surface area contributed by atoms with E-state index < -0.39 is 0 Å². The fourth-order valence-electron chi connectivity index (χ4n) is 2.17. The Bertz CT molecular complexity index is 921. The number of methoxy groups -OCH3 is 1. The minimum Gasteiger partial charge on any atom is -0.504 e. The highest BCUT2D eigenvalue weighted by Crippen LogP contribution is 2.33. The summed E-state index contributed by atoms with van der Waals surface area (Å²) in [4.78, 5) is 11.1. The molecule has 1 aromatic heterocycles. The summed E-state index contributed by atoms with van der Waals surface area (Å²) >= 11 is 0. The number of nitrogens with zero attached hydrogens (tertiary/aromatic N) is 5. The monoisotopic (exact) mass is 308 g/mol. The highest BCUT2D eigenvalue weighted by molar-refractivity contribution is 5.93. The van der Waals surface area contributed by atoms with E-state index in [2.05, 4.69) is 25.3 Å². The number of anilines is 2. The molecule has 0 radical (unpaired) electrons. The Labute approximate surface area is 131 Å². The highest BCUT2D eigenvalue weighted by Gasteiger charge is 2.10. The van der Waals surface area contributed by atoms with Crippen LogP contribution in [0, 0.1) is 0 Å². The molecular formula is C15H12N6O2. The summed E-state index contributed by atoms with van der Waals surface area (Å²) in [6.45, 7) is 0. The van der Waals surface area contributed by atoms with Crippen molar-refractivity contribution in [3.8, 4) is 11.5 Å². The van der Waals surface area contributed by atoms with E-state index in [4.69, 9.17) is 10.3 Å². The summed E-state index contributed by atoms with van der Waals surface area (Å²) in [7, 11) is 1.47. The number of ether oxygens (including phenoxy) is 1. The quantitative estimate of drug-likeness (QED) is 0.429. The van der Waals surface area contributed by atoms with E-state index in [1.54, 1.807) is 24.3 Å². The number of azide groups is 1. The van der Waals surface area contributed by atoms with Crippen molar-refractivity contribution in [1.29, 1.82) is 0 Å². The van der Waals surface area contributed by atoms with Gasteiger partial charge in [-0.1, -0.05) is 17.2 Å². The summed E-state index contributed by atoms with van der Waals surface area (Å²) in [5, 5.41) is 17.2. The van der Waals surface area contributed by atoms with Gasteiger partial charge in [0.15, 0.2) is 11.5 Å². The van der Waals surface area contributed by atoms with Crippen molar-refractivity contribution in [1.82, 2.24) is 9.97 Å². The molecule has 8 heteroatoms. The van der Waals surface area contributed by atoms with Crippen LogP contribution in [0.15, 0.2) is 47.8 Å². The average Bonchev–Trinajstić information content (AvgIpc) is 2.55. The lowest BCUT2D eigenvalue weighted by atomic mass is 10.2. The van der Waals surface area contributed by atoms with E-state index in [0.717, 1.165) is 0 Å². The molecule has 0 aliphatic carbocycles. The van der Waals surface area contributed by atoms with Crippen LogP contribution in [-0.2, 0) is 0 Å². The average molecular weight is 308 g/mol. The molecule has 0 spiro atoms. The Morgan fingerprint density at radius 3 is 2.91 bits per heavy atom. The number of fused-ring (bicyclic) bond motifs is 1. The topological polar surface area (TPSA) is 116 Å². The number of hydrogen-bond donors (Lipinski definition) is 2. The van der Waals surface area contributed by atoms with Crippen LogP contribution in [0.5, 0.6) is 11.5 Å². The number of aromatic hydroxyl groups is 1. The molecule has 114 valence electrons. The van der Waals surface area contributed by atoms with Crippen LogP contribution in [0.3, 0.4) is 0 Å². The van der Waals surface area contributed by atoms with Gasteiger partial charge in [0.05, 0.1) is 12.6 Å². The number of nitrogens with one attached hydrogen (secondary N) is 1. The van der Waals surface area contributed by atoms with Gasteiger partial charge in [-0.2, -0.15) is 0 Å². The summed E-state index contributed by atoms with van der Waals surface area (Å²) in [5.41, 5.74) is 10.3. The van der Waals surface area contributed by atoms with Crippen LogP contribution in [0.25, 0.3) is 21.3 Å². The predicted molar refractivity (Wildman–Crippen MR) is 86.3 cm³/mol. The van der Waals surface area contributed by atoms with Gasteiger partial charge in [-0.3, -0.25) is 0 Å². The molecule has 0 unspecified atom stereocenters. The number of benzene rings is 2. The van der Waals surface area contributed by atoms with Gasteiger partial charge >= 0.3 is 0 Å². The van der Waals surface area contributed by atoms with Gasteiger partial charge in [-0.25, -0.2) is 9.97 Å². The second kappa shape index (κ2) is 6.08. The first-order valence-electron chi connectivity index (χ1n) is 6.65. The zero-order valence-electron chi connectivity index (χ0n) is 12.1. The fourth-order valence-corrected chi connectivity index (χ4v) is 2.17. The number of phenols is 1. The van der Waals surface area contributed by atoms with E-state index in [-0.39, 0.29) is 5.75 Å². The Hall–Kier alpha value is -3.51. The van der Waals surface area contributed by atoms with E-state index in [0.29, 0.717) is 33.8 Å². The maximum absolute atomic E-state index is 9.83. The SMILES string of the molecule is COc1cc2c(Nc3cccc(N=[N+]=[N-])c3)ncnc2cc1O. The molecule has 0 bridgehead atoms. The lowest BCUT2D eigenvalue weighted by Gasteiger charge is -2.10. The summed E-state index contributed by atoms with van der Waals surface area (Å²) in [6.07, 6.45) is 1.40. The lowest BCUT2D eigenvalue weighted by molar-refractivity contribution is 0.374. The summed E-state index contributed by atoms with van der Waals surface area (Å²) in [6, 6.07) is 10.2. The smallest absolute Gasteiger partial charge is 0.161 e. The molecule has 0 aliphatic heterocycles. The van der Waals surface area contributed by atoms with Crippen molar-refractivity contribution in [3.05, 3.63) is 53.2 Å². The van der Waals surface area contributed by atoms with Crippen LogP contribution in [0.4, 0.5) is 17.2 Å². The van der Waals surface area contributed by atoms with Gasteiger partial charge in [0.1, 0.15) is 12.1 Å². The second-order valence-corrected chi connectivity index (χ2v) is 4.63. The Balaban J connectivity index is 2.06.